The molecule has 5 aromatic rings. The lowest BCUT2D eigenvalue weighted by Crippen LogP contribution is -2.52. The Bertz CT molecular complexity index is 2130. The molecule has 55 heavy (non-hydrogen) atoms. The van der Waals surface area contributed by atoms with Gasteiger partial charge in [0.2, 0.25) is 11.8 Å². The number of amides is 3. The molecule has 0 spiro atoms. The summed E-state index contributed by atoms with van der Waals surface area (Å²) in [5, 5.41) is 3.47. The maximum Gasteiger partial charge on any atom is 0.255 e. The van der Waals surface area contributed by atoms with Crippen molar-refractivity contribution in [2.75, 3.05) is 33.0 Å². The number of fused-ring (bicyclic) bond motifs is 2. The number of unbranched alkanes of at least 4 members (excludes halogenated alkanes) is 1. The Hall–Kier alpha value is -5.03. The van der Waals surface area contributed by atoms with Crippen LogP contribution in [-0.2, 0) is 32.0 Å². The fourth-order valence-corrected chi connectivity index (χ4v) is 8.27. The molecule has 10 heteroatoms. The van der Waals surface area contributed by atoms with E-state index in [0.717, 1.165) is 70.7 Å². The van der Waals surface area contributed by atoms with Crippen LogP contribution in [0.4, 0.5) is 0 Å². The number of nitrogens with one attached hydrogen (secondary N) is 1. The maximum atomic E-state index is 12.9. The lowest BCUT2D eigenvalue weighted by atomic mass is 10.0. The van der Waals surface area contributed by atoms with Crippen molar-refractivity contribution in [3.05, 3.63) is 113 Å². The molecule has 4 aromatic carbocycles. The third-order valence-corrected chi connectivity index (χ3v) is 11.2. The second-order valence-corrected chi connectivity index (χ2v) is 15.4. The molecule has 7 rings (SSSR count). The lowest BCUT2D eigenvalue weighted by molar-refractivity contribution is -0.136. The Morgan fingerprint density at radius 1 is 0.745 bits per heavy atom. The topological polar surface area (TPSA) is 103 Å². The zero-order valence-corrected chi connectivity index (χ0v) is 32.4. The number of benzene rings is 4. The Kier molecular flexibility index (Phi) is 12.6. The van der Waals surface area contributed by atoms with E-state index < -0.39 is 6.04 Å². The molecule has 1 N–H and O–H groups in total. The van der Waals surface area contributed by atoms with Gasteiger partial charge in [-0.3, -0.25) is 19.7 Å². The molecule has 3 heterocycles. The first-order chi connectivity index (χ1) is 26.8. The molecule has 1 aromatic heterocycles. The SMILES string of the molecule is Cc1ccc(-c2sc3cc(C)ccc3c2Oc2ccc(OCCCOCCCOCCCCc3ccc4c(c3)CN(C3CCC(=O)NC3=O)C4=O)cc2)cc1. The van der Waals surface area contributed by atoms with Crippen molar-refractivity contribution < 1.29 is 33.3 Å². The minimum Gasteiger partial charge on any atom is -0.494 e. The van der Waals surface area contributed by atoms with E-state index in [1.165, 1.54) is 21.4 Å². The predicted molar refractivity (Wildman–Crippen MR) is 215 cm³/mol. The fraction of sp³-hybridized carbons (Fsp3) is 0.356. The number of ether oxygens (including phenoxy) is 4. The number of aryl methyl sites for hydroxylation is 3. The number of rotatable bonds is 18. The average Bonchev–Trinajstić information content (AvgIpc) is 3.70. The van der Waals surface area contributed by atoms with Crippen molar-refractivity contribution in [3.8, 4) is 27.7 Å². The van der Waals surface area contributed by atoms with E-state index in [0.29, 0.717) is 51.6 Å². The molecule has 0 saturated carbocycles. The largest absolute Gasteiger partial charge is 0.494 e. The molecule has 0 aliphatic carbocycles. The van der Waals surface area contributed by atoms with Gasteiger partial charge in [0.05, 0.1) is 11.5 Å². The molecule has 286 valence electrons. The van der Waals surface area contributed by atoms with Crippen LogP contribution in [-0.4, -0.2) is 61.7 Å². The van der Waals surface area contributed by atoms with Crippen molar-refractivity contribution in [2.24, 2.45) is 0 Å². The fourth-order valence-electron chi connectivity index (χ4n) is 7.03. The summed E-state index contributed by atoms with van der Waals surface area (Å²) in [5.74, 6) is 1.65. The summed E-state index contributed by atoms with van der Waals surface area (Å²) < 4.78 is 25.3. The number of hydrogen-bond acceptors (Lipinski definition) is 8. The summed E-state index contributed by atoms with van der Waals surface area (Å²) in [5.41, 5.74) is 6.38. The summed E-state index contributed by atoms with van der Waals surface area (Å²) >= 11 is 1.76. The Labute approximate surface area is 326 Å². The average molecular weight is 761 g/mol. The van der Waals surface area contributed by atoms with Gasteiger partial charge in [0, 0.05) is 61.5 Å². The summed E-state index contributed by atoms with van der Waals surface area (Å²) in [6, 6.07) is 28.2. The van der Waals surface area contributed by atoms with Gasteiger partial charge in [-0.15, -0.1) is 11.3 Å². The number of piperidine rings is 1. The van der Waals surface area contributed by atoms with Gasteiger partial charge in [0.15, 0.2) is 5.75 Å². The molecule has 1 atom stereocenters. The van der Waals surface area contributed by atoms with Crippen molar-refractivity contribution in [1.29, 1.82) is 0 Å². The van der Waals surface area contributed by atoms with Crippen LogP contribution in [0.1, 0.15) is 71.1 Å². The molecule has 1 fully saturated rings. The first kappa shape index (κ1) is 38.3. The van der Waals surface area contributed by atoms with E-state index >= 15 is 0 Å². The summed E-state index contributed by atoms with van der Waals surface area (Å²) in [6.45, 7) is 7.83. The van der Waals surface area contributed by atoms with E-state index in [4.69, 9.17) is 18.9 Å². The predicted octanol–water partition coefficient (Wildman–Crippen LogP) is 8.95. The van der Waals surface area contributed by atoms with Gasteiger partial charge in [0.25, 0.3) is 5.91 Å². The molecular formula is C45H48N2O7S. The van der Waals surface area contributed by atoms with Gasteiger partial charge in [-0.05, 0) is 111 Å². The normalized spacial score (nSPS) is 15.4. The van der Waals surface area contributed by atoms with Crippen molar-refractivity contribution in [2.45, 2.75) is 71.4 Å². The monoisotopic (exact) mass is 760 g/mol. The molecule has 9 nitrogen and oxygen atoms in total. The van der Waals surface area contributed by atoms with Crippen LogP contribution >= 0.6 is 11.3 Å². The highest BCUT2D eigenvalue weighted by atomic mass is 32.1. The van der Waals surface area contributed by atoms with Gasteiger partial charge in [-0.25, -0.2) is 0 Å². The minimum atomic E-state index is -0.586. The van der Waals surface area contributed by atoms with E-state index in [1.54, 1.807) is 16.2 Å². The molecule has 3 amide bonds. The van der Waals surface area contributed by atoms with E-state index in [2.05, 4.69) is 67.7 Å². The second-order valence-electron chi connectivity index (χ2n) is 14.3. The lowest BCUT2D eigenvalue weighted by Gasteiger charge is -2.29. The maximum absolute atomic E-state index is 12.9. The summed E-state index contributed by atoms with van der Waals surface area (Å²) in [7, 11) is 0. The number of nitrogens with zero attached hydrogens (tertiary/aromatic N) is 1. The molecule has 1 saturated heterocycles. The first-order valence-corrected chi connectivity index (χ1v) is 20.1. The highest BCUT2D eigenvalue weighted by Crippen LogP contribution is 2.46. The van der Waals surface area contributed by atoms with Crippen LogP contribution in [0.25, 0.3) is 20.5 Å². The standard InChI is InChI=1S/C45H48N2O7S/c1-30-8-12-33(13-9-30)43-42(38-18-10-31(2)27-40(38)55-43)54-36-16-14-35(15-17-36)53-26-6-25-52-24-5-23-51-22-4-3-7-32-11-19-37-34(28-32)29-47(45(37)50)39-20-21-41(48)46-44(39)49/h8-19,27-28,39H,3-7,20-26,29H2,1-2H3,(H,46,48,49). The quantitative estimate of drug-likeness (QED) is 0.0703. The van der Waals surface area contributed by atoms with Crippen molar-refractivity contribution in [1.82, 2.24) is 10.2 Å². The summed E-state index contributed by atoms with van der Waals surface area (Å²) in [6.07, 6.45) is 5.09. The molecular weight excluding hydrogens is 713 g/mol. The van der Waals surface area contributed by atoms with Gasteiger partial charge in [0.1, 0.15) is 17.5 Å². The third-order valence-electron chi connectivity index (χ3n) is 10.0. The second kappa shape index (κ2) is 18.1. The van der Waals surface area contributed by atoms with Crippen LogP contribution in [0.3, 0.4) is 0 Å². The van der Waals surface area contributed by atoms with Crippen molar-refractivity contribution in [3.63, 3.8) is 0 Å². The van der Waals surface area contributed by atoms with Gasteiger partial charge >= 0.3 is 0 Å². The third kappa shape index (κ3) is 9.62. The molecule has 0 radical (unpaired) electrons. The summed E-state index contributed by atoms with van der Waals surface area (Å²) in [4.78, 5) is 39.4. The van der Waals surface area contributed by atoms with Crippen LogP contribution in [0, 0.1) is 13.8 Å². The number of carbonyl (C=O) groups is 3. The molecule has 0 bridgehead atoms. The van der Waals surface area contributed by atoms with Gasteiger partial charge in [-0.1, -0.05) is 48.0 Å². The highest BCUT2D eigenvalue weighted by Gasteiger charge is 2.39. The first-order valence-electron chi connectivity index (χ1n) is 19.3. The van der Waals surface area contributed by atoms with Gasteiger partial charge in [-0.2, -0.15) is 0 Å². The Morgan fingerprint density at radius 3 is 2.22 bits per heavy atom. The Morgan fingerprint density at radius 2 is 1.45 bits per heavy atom. The molecule has 1 unspecified atom stereocenters. The van der Waals surface area contributed by atoms with Gasteiger partial charge < -0.3 is 23.8 Å². The van der Waals surface area contributed by atoms with Crippen molar-refractivity contribution >= 4 is 39.1 Å². The van der Waals surface area contributed by atoms with Crippen LogP contribution in [0.15, 0.2) is 84.9 Å². The number of carbonyl (C=O) groups excluding carboxylic acids is 3. The van der Waals surface area contributed by atoms with Crippen LogP contribution in [0.5, 0.6) is 17.2 Å². The number of imide groups is 1. The number of thiophene rings is 1. The smallest absolute Gasteiger partial charge is 0.255 e. The van der Waals surface area contributed by atoms with E-state index in [1.807, 2.05) is 36.4 Å². The van der Waals surface area contributed by atoms with Crippen LogP contribution < -0.4 is 14.8 Å². The minimum absolute atomic E-state index is 0.138. The molecule has 2 aliphatic rings. The van der Waals surface area contributed by atoms with E-state index in [-0.39, 0.29) is 24.1 Å². The zero-order chi connectivity index (χ0) is 38.1. The van der Waals surface area contributed by atoms with Crippen LogP contribution in [0.2, 0.25) is 0 Å². The van der Waals surface area contributed by atoms with E-state index in [9.17, 15) is 14.4 Å². The highest BCUT2D eigenvalue weighted by molar-refractivity contribution is 7.22. The zero-order valence-electron chi connectivity index (χ0n) is 31.6. The number of hydrogen-bond donors (Lipinski definition) is 1. The Balaban J connectivity index is 0.742. The molecule has 2 aliphatic heterocycles.